The van der Waals surface area contributed by atoms with E-state index in [4.69, 9.17) is 5.26 Å². The number of carbonyl (C=O) groups is 3. The Hall–Kier alpha value is -2.95. The van der Waals surface area contributed by atoms with Gasteiger partial charge in [0, 0.05) is 31.8 Å². The molecule has 0 spiro atoms. The molecule has 1 N–H and O–H groups in total. The highest BCUT2D eigenvalue weighted by atomic mass is 19.1. The Morgan fingerprint density at radius 3 is 2.84 bits per heavy atom. The summed E-state index contributed by atoms with van der Waals surface area (Å²) in [6.07, 6.45) is 1.02. The van der Waals surface area contributed by atoms with E-state index in [1.54, 1.807) is 4.90 Å². The van der Waals surface area contributed by atoms with E-state index in [1.165, 1.54) is 16.0 Å². The molecule has 2 fully saturated rings. The molecule has 164 valence electrons. The second-order valence-corrected chi connectivity index (χ2v) is 8.72. The lowest BCUT2D eigenvalue weighted by Crippen LogP contribution is -2.46. The largest absolute Gasteiger partial charge is 0.344 e. The third-order valence-corrected chi connectivity index (χ3v) is 6.56. The summed E-state index contributed by atoms with van der Waals surface area (Å²) in [4.78, 5) is 41.1. The maximum Gasteiger partial charge on any atom is 0.246 e. The van der Waals surface area contributed by atoms with Crippen LogP contribution in [-0.4, -0.2) is 52.3 Å². The molecule has 0 bridgehead atoms. The van der Waals surface area contributed by atoms with Crippen molar-refractivity contribution in [2.75, 3.05) is 6.54 Å². The SMILES string of the molecule is CCCc1cccc2c1CN(C(=O)C[C@@H]1C[C@@H](C(=O)N3CC(F)C[C@H]3C#N)NC1=O)C2. The maximum absolute atomic E-state index is 13.7. The first-order valence-corrected chi connectivity index (χ1v) is 10.9. The number of hydrogen-bond acceptors (Lipinski definition) is 4. The monoisotopic (exact) mass is 426 g/mol. The molecular formula is C23H27FN4O3. The van der Waals surface area contributed by atoms with Crippen LogP contribution in [0.5, 0.6) is 0 Å². The van der Waals surface area contributed by atoms with E-state index in [-0.39, 0.29) is 37.6 Å². The average molecular weight is 426 g/mol. The lowest BCUT2D eigenvalue weighted by molar-refractivity contribution is -0.135. The average Bonchev–Trinajstić information content (AvgIpc) is 3.45. The number of benzene rings is 1. The fraction of sp³-hybridized carbons (Fsp3) is 0.565. The van der Waals surface area contributed by atoms with E-state index in [9.17, 15) is 18.8 Å². The zero-order chi connectivity index (χ0) is 22.1. The van der Waals surface area contributed by atoms with Gasteiger partial charge in [0.25, 0.3) is 0 Å². The zero-order valence-corrected chi connectivity index (χ0v) is 17.6. The van der Waals surface area contributed by atoms with Gasteiger partial charge in [0.05, 0.1) is 12.6 Å². The Kier molecular flexibility index (Phi) is 5.94. The molecule has 0 saturated carbocycles. The lowest BCUT2D eigenvalue weighted by atomic mass is 9.99. The van der Waals surface area contributed by atoms with Crippen LogP contribution in [0.15, 0.2) is 18.2 Å². The number of amides is 3. The predicted molar refractivity (Wildman–Crippen MR) is 110 cm³/mol. The van der Waals surface area contributed by atoms with Gasteiger partial charge in [-0.2, -0.15) is 5.26 Å². The first kappa shape index (κ1) is 21.3. The molecule has 3 aliphatic heterocycles. The van der Waals surface area contributed by atoms with Crippen LogP contribution in [-0.2, 0) is 33.9 Å². The van der Waals surface area contributed by atoms with Crippen molar-refractivity contribution in [3.63, 3.8) is 0 Å². The minimum Gasteiger partial charge on any atom is -0.344 e. The third-order valence-electron chi connectivity index (χ3n) is 6.56. The molecule has 31 heavy (non-hydrogen) atoms. The summed E-state index contributed by atoms with van der Waals surface area (Å²) in [6, 6.07) is 6.51. The smallest absolute Gasteiger partial charge is 0.246 e. The van der Waals surface area contributed by atoms with Crippen LogP contribution in [0.1, 0.15) is 49.3 Å². The van der Waals surface area contributed by atoms with Crippen LogP contribution in [0, 0.1) is 17.2 Å². The highest BCUT2D eigenvalue weighted by Crippen LogP contribution is 2.30. The van der Waals surface area contributed by atoms with Crippen molar-refractivity contribution in [1.82, 2.24) is 15.1 Å². The normalized spacial score (nSPS) is 27.2. The third kappa shape index (κ3) is 4.14. The highest BCUT2D eigenvalue weighted by molar-refractivity contribution is 5.94. The number of aryl methyl sites for hydroxylation is 1. The van der Waals surface area contributed by atoms with Crippen molar-refractivity contribution < 1.29 is 18.8 Å². The Labute approximate surface area is 181 Å². The molecule has 4 rings (SSSR count). The molecule has 0 aromatic heterocycles. The maximum atomic E-state index is 13.7. The first-order chi connectivity index (χ1) is 14.9. The lowest BCUT2D eigenvalue weighted by Gasteiger charge is -2.22. The summed E-state index contributed by atoms with van der Waals surface area (Å²) in [5, 5.41) is 11.8. The van der Waals surface area contributed by atoms with Gasteiger partial charge >= 0.3 is 0 Å². The number of fused-ring (bicyclic) bond motifs is 1. The molecule has 1 aromatic carbocycles. The van der Waals surface area contributed by atoms with Gasteiger partial charge in [0.15, 0.2) is 0 Å². The quantitative estimate of drug-likeness (QED) is 0.778. The number of nitriles is 1. The van der Waals surface area contributed by atoms with E-state index in [0.29, 0.717) is 13.1 Å². The fourth-order valence-electron chi connectivity index (χ4n) is 4.94. The van der Waals surface area contributed by atoms with Crippen molar-refractivity contribution >= 4 is 17.7 Å². The van der Waals surface area contributed by atoms with Crippen molar-refractivity contribution in [3.8, 4) is 6.07 Å². The van der Waals surface area contributed by atoms with Gasteiger partial charge in [-0.3, -0.25) is 14.4 Å². The fourth-order valence-corrected chi connectivity index (χ4v) is 4.94. The van der Waals surface area contributed by atoms with E-state index < -0.39 is 30.1 Å². The zero-order valence-electron chi connectivity index (χ0n) is 17.6. The highest BCUT2D eigenvalue weighted by Gasteiger charge is 2.44. The van der Waals surface area contributed by atoms with Crippen molar-refractivity contribution in [2.45, 2.75) is 70.4 Å². The summed E-state index contributed by atoms with van der Waals surface area (Å²) in [5.41, 5.74) is 3.63. The van der Waals surface area contributed by atoms with Crippen LogP contribution in [0.2, 0.25) is 0 Å². The second-order valence-electron chi connectivity index (χ2n) is 8.72. The Balaban J connectivity index is 1.37. The van der Waals surface area contributed by atoms with E-state index in [0.717, 1.165) is 18.4 Å². The topological polar surface area (TPSA) is 93.5 Å². The number of rotatable bonds is 5. The van der Waals surface area contributed by atoms with Crippen LogP contribution in [0.25, 0.3) is 0 Å². The summed E-state index contributed by atoms with van der Waals surface area (Å²) in [5.74, 6) is -1.47. The number of halogens is 1. The summed E-state index contributed by atoms with van der Waals surface area (Å²) in [6.45, 7) is 3.09. The molecule has 4 atom stereocenters. The van der Waals surface area contributed by atoms with Gasteiger partial charge < -0.3 is 15.1 Å². The van der Waals surface area contributed by atoms with E-state index in [1.807, 2.05) is 18.2 Å². The molecule has 0 aliphatic carbocycles. The molecule has 3 amide bonds. The standard InChI is InChI=1S/C23H27FN4O3/c1-2-4-14-5-3-6-15-11-27(13-19(14)15)21(29)8-16-7-20(26-22(16)30)23(31)28-12-17(24)9-18(28)10-25/h3,5-6,16-18,20H,2,4,7-9,11-13H2,1H3,(H,26,30)/t16-,17?,18-,20-/m0/s1. The first-order valence-electron chi connectivity index (χ1n) is 10.9. The molecule has 2 saturated heterocycles. The molecule has 3 heterocycles. The minimum absolute atomic E-state index is 0.000357. The van der Waals surface area contributed by atoms with Crippen molar-refractivity contribution in [2.24, 2.45) is 5.92 Å². The van der Waals surface area contributed by atoms with Crippen LogP contribution in [0.3, 0.4) is 0 Å². The number of nitrogens with one attached hydrogen (secondary N) is 1. The van der Waals surface area contributed by atoms with Crippen LogP contribution in [0.4, 0.5) is 4.39 Å². The molecule has 8 heteroatoms. The summed E-state index contributed by atoms with van der Waals surface area (Å²) >= 11 is 0. The second kappa shape index (κ2) is 8.66. The minimum atomic E-state index is -1.22. The molecule has 7 nitrogen and oxygen atoms in total. The molecule has 3 aliphatic rings. The van der Waals surface area contributed by atoms with Gasteiger partial charge in [0.2, 0.25) is 17.7 Å². The van der Waals surface area contributed by atoms with E-state index in [2.05, 4.69) is 18.3 Å². The number of alkyl halides is 1. The summed E-state index contributed by atoms with van der Waals surface area (Å²) in [7, 11) is 0. The van der Waals surface area contributed by atoms with Gasteiger partial charge in [0.1, 0.15) is 18.3 Å². The van der Waals surface area contributed by atoms with Crippen LogP contribution >= 0.6 is 0 Å². The molecular weight excluding hydrogens is 399 g/mol. The van der Waals surface area contributed by atoms with Gasteiger partial charge in [-0.25, -0.2) is 4.39 Å². The number of hydrogen-bond donors (Lipinski definition) is 1. The van der Waals surface area contributed by atoms with Crippen molar-refractivity contribution in [3.05, 3.63) is 34.9 Å². The molecule has 1 aromatic rings. The Morgan fingerprint density at radius 2 is 2.10 bits per heavy atom. The Morgan fingerprint density at radius 1 is 1.29 bits per heavy atom. The van der Waals surface area contributed by atoms with Gasteiger partial charge in [-0.15, -0.1) is 0 Å². The molecule has 0 radical (unpaired) electrons. The number of likely N-dealkylation sites (tertiary alicyclic amines) is 1. The van der Waals surface area contributed by atoms with Crippen LogP contribution < -0.4 is 5.32 Å². The number of nitrogens with zero attached hydrogens (tertiary/aromatic N) is 3. The van der Waals surface area contributed by atoms with Crippen molar-refractivity contribution in [1.29, 1.82) is 5.26 Å². The Bertz CT molecular complexity index is 943. The van der Waals surface area contributed by atoms with Gasteiger partial charge in [-0.1, -0.05) is 31.5 Å². The molecule has 1 unspecified atom stereocenters. The van der Waals surface area contributed by atoms with Gasteiger partial charge in [-0.05, 0) is 29.5 Å². The summed E-state index contributed by atoms with van der Waals surface area (Å²) < 4.78 is 13.7. The predicted octanol–water partition coefficient (Wildman–Crippen LogP) is 1.84. The van der Waals surface area contributed by atoms with E-state index >= 15 is 0 Å². The number of carbonyl (C=O) groups excluding carboxylic acids is 3.